The van der Waals surface area contributed by atoms with E-state index in [0.29, 0.717) is 17.0 Å². The van der Waals surface area contributed by atoms with Gasteiger partial charge in [-0.3, -0.25) is 10.1 Å². The summed E-state index contributed by atoms with van der Waals surface area (Å²) < 4.78 is 0. The van der Waals surface area contributed by atoms with E-state index in [9.17, 15) is 10.1 Å². The predicted molar refractivity (Wildman–Crippen MR) is 69.9 cm³/mol. The lowest BCUT2D eigenvalue weighted by Gasteiger charge is -1.98. The zero-order chi connectivity index (χ0) is 13.5. The lowest BCUT2D eigenvalue weighted by molar-refractivity contribution is -0.419. The molecule has 0 saturated carbocycles. The van der Waals surface area contributed by atoms with E-state index < -0.39 is 4.92 Å². The highest BCUT2D eigenvalue weighted by Crippen LogP contribution is 2.14. The minimum Gasteiger partial charge on any atom is -0.383 e. The van der Waals surface area contributed by atoms with Crippen LogP contribution < -0.4 is 5.73 Å². The molecule has 0 aliphatic rings. The van der Waals surface area contributed by atoms with E-state index >= 15 is 0 Å². The van der Waals surface area contributed by atoms with Gasteiger partial charge in [-0.05, 0) is 12.2 Å². The molecule has 18 heavy (non-hydrogen) atoms. The number of nitrogens with two attached hydrogens (primary N) is 1. The maximum absolute atomic E-state index is 10.8. The van der Waals surface area contributed by atoms with E-state index in [1.165, 1.54) is 24.7 Å². The molecule has 0 spiro atoms. The van der Waals surface area contributed by atoms with E-state index in [4.69, 9.17) is 5.73 Å². The minimum atomic E-state index is -0.529. The minimum absolute atomic E-state index is 0.128. The molecule has 2 N–H and O–H groups in total. The van der Waals surface area contributed by atoms with Crippen LogP contribution in [0, 0.1) is 10.1 Å². The summed E-state index contributed by atoms with van der Waals surface area (Å²) in [6, 6.07) is 0. The topological polar surface area (TPSA) is 94.9 Å². The SMILES string of the molecule is C=CC(/C=C/c1cncnc1N)=C(\C=C)[N+](=O)[O-]. The number of nitrogens with zero attached hydrogens (tertiary/aromatic N) is 3. The summed E-state index contributed by atoms with van der Waals surface area (Å²) in [5, 5.41) is 10.8. The summed E-state index contributed by atoms with van der Waals surface area (Å²) in [6.07, 6.45) is 8.46. The standard InChI is InChI=1S/C12H12N4O2/c1-3-9(11(4-2)16(17)18)5-6-10-7-14-8-15-12(10)13/h3-8H,1-2H2,(H2,13,14,15)/b6-5+,11-9-. The monoisotopic (exact) mass is 244 g/mol. The van der Waals surface area contributed by atoms with Crippen molar-refractivity contribution in [3.8, 4) is 0 Å². The number of rotatable bonds is 5. The first-order valence-electron chi connectivity index (χ1n) is 4.97. The van der Waals surface area contributed by atoms with E-state index in [2.05, 4.69) is 23.1 Å². The largest absolute Gasteiger partial charge is 0.383 e. The van der Waals surface area contributed by atoms with Crippen LogP contribution in [0.2, 0.25) is 0 Å². The number of hydrogen-bond donors (Lipinski definition) is 1. The molecule has 92 valence electrons. The average Bonchev–Trinajstić information content (AvgIpc) is 2.35. The molecule has 0 fully saturated rings. The molecule has 1 rings (SSSR count). The van der Waals surface area contributed by atoms with Crippen LogP contribution in [-0.4, -0.2) is 14.9 Å². The summed E-state index contributed by atoms with van der Waals surface area (Å²) >= 11 is 0. The Labute approximate surface area is 104 Å². The van der Waals surface area contributed by atoms with Crippen molar-refractivity contribution in [3.05, 3.63) is 70.9 Å². The highest BCUT2D eigenvalue weighted by Gasteiger charge is 2.09. The molecule has 0 amide bonds. The van der Waals surface area contributed by atoms with Crippen molar-refractivity contribution in [2.75, 3.05) is 5.73 Å². The summed E-state index contributed by atoms with van der Waals surface area (Å²) in [7, 11) is 0. The first-order valence-corrected chi connectivity index (χ1v) is 4.97. The van der Waals surface area contributed by atoms with Crippen LogP contribution in [-0.2, 0) is 0 Å². The lowest BCUT2D eigenvalue weighted by Crippen LogP contribution is -1.98. The number of allylic oxidation sites excluding steroid dienone is 4. The Hall–Kier alpha value is -2.76. The summed E-state index contributed by atoms with van der Waals surface area (Å²) in [5.41, 5.74) is 6.39. The lowest BCUT2D eigenvalue weighted by atomic mass is 10.1. The van der Waals surface area contributed by atoms with Crippen molar-refractivity contribution in [1.29, 1.82) is 0 Å². The van der Waals surface area contributed by atoms with Gasteiger partial charge in [0.2, 0.25) is 0 Å². The van der Waals surface area contributed by atoms with Crippen molar-refractivity contribution in [2.45, 2.75) is 0 Å². The summed E-state index contributed by atoms with van der Waals surface area (Å²) in [5.74, 6) is 0.297. The average molecular weight is 244 g/mol. The second kappa shape index (κ2) is 6.09. The van der Waals surface area contributed by atoms with Gasteiger partial charge < -0.3 is 5.73 Å². The van der Waals surface area contributed by atoms with Crippen LogP contribution in [0.1, 0.15) is 5.56 Å². The number of hydrogen-bond acceptors (Lipinski definition) is 5. The van der Waals surface area contributed by atoms with Gasteiger partial charge in [0.1, 0.15) is 12.1 Å². The van der Waals surface area contributed by atoms with Crippen molar-refractivity contribution in [3.63, 3.8) is 0 Å². The molecule has 0 aliphatic carbocycles. The second-order valence-electron chi connectivity index (χ2n) is 3.20. The van der Waals surface area contributed by atoms with E-state index in [1.54, 1.807) is 6.08 Å². The van der Waals surface area contributed by atoms with Gasteiger partial charge in [-0.25, -0.2) is 9.97 Å². The van der Waals surface area contributed by atoms with Crippen molar-refractivity contribution in [1.82, 2.24) is 9.97 Å². The Kier molecular flexibility index (Phi) is 4.50. The zero-order valence-corrected chi connectivity index (χ0v) is 9.61. The molecule has 1 aromatic heterocycles. The van der Waals surface area contributed by atoms with Gasteiger partial charge >= 0.3 is 0 Å². The van der Waals surface area contributed by atoms with Gasteiger partial charge in [0.25, 0.3) is 5.70 Å². The Morgan fingerprint density at radius 2 is 2.17 bits per heavy atom. The van der Waals surface area contributed by atoms with Crippen LogP contribution in [0.25, 0.3) is 6.08 Å². The predicted octanol–water partition coefficient (Wildman–Crippen LogP) is 1.97. The highest BCUT2D eigenvalue weighted by molar-refractivity contribution is 5.62. The molecule has 0 atom stereocenters. The van der Waals surface area contributed by atoms with Crippen LogP contribution >= 0.6 is 0 Å². The fourth-order valence-corrected chi connectivity index (χ4v) is 1.21. The van der Waals surface area contributed by atoms with Gasteiger partial charge in [0, 0.05) is 17.8 Å². The fourth-order valence-electron chi connectivity index (χ4n) is 1.21. The van der Waals surface area contributed by atoms with Gasteiger partial charge in [0.05, 0.1) is 10.5 Å². The first-order chi connectivity index (χ1) is 8.60. The number of aromatic nitrogens is 2. The third kappa shape index (κ3) is 3.11. The Morgan fingerprint density at radius 1 is 1.44 bits per heavy atom. The van der Waals surface area contributed by atoms with E-state index in [1.807, 2.05) is 0 Å². The quantitative estimate of drug-likeness (QED) is 0.485. The van der Waals surface area contributed by atoms with Crippen LogP contribution in [0.3, 0.4) is 0 Å². The van der Waals surface area contributed by atoms with Gasteiger partial charge in [0.15, 0.2) is 0 Å². The molecule has 0 radical (unpaired) electrons. The second-order valence-corrected chi connectivity index (χ2v) is 3.20. The normalized spacial score (nSPS) is 12.0. The molecule has 0 unspecified atom stereocenters. The molecule has 6 nitrogen and oxygen atoms in total. The van der Waals surface area contributed by atoms with Crippen molar-refractivity contribution < 1.29 is 4.92 Å². The molecule has 0 bridgehead atoms. The molecule has 0 aliphatic heterocycles. The van der Waals surface area contributed by atoms with E-state index in [-0.39, 0.29) is 5.70 Å². The summed E-state index contributed by atoms with van der Waals surface area (Å²) in [4.78, 5) is 17.8. The molecule has 0 saturated heterocycles. The number of nitrogen functional groups attached to an aromatic ring is 1. The first kappa shape index (κ1) is 13.3. The zero-order valence-electron chi connectivity index (χ0n) is 9.61. The molecule has 1 heterocycles. The third-order valence-corrected chi connectivity index (χ3v) is 2.12. The van der Waals surface area contributed by atoms with Gasteiger partial charge in [-0.2, -0.15) is 0 Å². The number of nitro groups is 1. The molecule has 0 aromatic carbocycles. The molecular formula is C12H12N4O2. The van der Waals surface area contributed by atoms with Crippen molar-refractivity contribution in [2.24, 2.45) is 0 Å². The van der Waals surface area contributed by atoms with Gasteiger partial charge in [-0.15, -0.1) is 0 Å². The third-order valence-electron chi connectivity index (χ3n) is 2.12. The Balaban J connectivity index is 3.15. The number of anilines is 1. The Morgan fingerprint density at radius 3 is 2.67 bits per heavy atom. The van der Waals surface area contributed by atoms with E-state index in [0.717, 1.165) is 6.08 Å². The molecule has 1 aromatic rings. The van der Waals surface area contributed by atoms with Crippen molar-refractivity contribution >= 4 is 11.9 Å². The highest BCUT2D eigenvalue weighted by atomic mass is 16.6. The smallest absolute Gasteiger partial charge is 0.275 e. The Bertz CT molecular complexity index is 547. The maximum Gasteiger partial charge on any atom is 0.275 e. The van der Waals surface area contributed by atoms with Crippen LogP contribution in [0.5, 0.6) is 0 Å². The van der Waals surface area contributed by atoms with Crippen LogP contribution in [0.4, 0.5) is 5.82 Å². The van der Waals surface area contributed by atoms with Gasteiger partial charge in [-0.1, -0.05) is 19.2 Å². The van der Waals surface area contributed by atoms with Crippen LogP contribution in [0.15, 0.2) is 55.2 Å². The molecular weight excluding hydrogens is 232 g/mol. The fraction of sp³-hybridized carbons (Fsp3) is 0. The maximum atomic E-state index is 10.8. The molecule has 6 heteroatoms. The summed E-state index contributed by atoms with van der Waals surface area (Å²) in [6.45, 7) is 6.92.